The summed E-state index contributed by atoms with van der Waals surface area (Å²) in [7, 11) is 0. The Bertz CT molecular complexity index is 469. The molecule has 1 amide bonds. The highest BCUT2D eigenvalue weighted by atomic mass is 35.5. The van der Waals surface area contributed by atoms with Crippen LogP contribution in [0.25, 0.3) is 0 Å². The second kappa shape index (κ2) is 7.33. The largest absolute Gasteiger partial charge is 0.444 e. The lowest BCUT2D eigenvalue weighted by Crippen LogP contribution is -2.33. The van der Waals surface area contributed by atoms with Gasteiger partial charge in [-0.05, 0) is 33.4 Å². The van der Waals surface area contributed by atoms with Crippen molar-refractivity contribution in [1.82, 2.24) is 15.3 Å². The highest BCUT2D eigenvalue weighted by Gasteiger charge is 2.16. The molecule has 0 aliphatic heterocycles. The summed E-state index contributed by atoms with van der Waals surface area (Å²) in [5, 5.41) is 3.76. The normalized spacial score (nSPS) is 11.3. The van der Waals surface area contributed by atoms with Crippen LogP contribution in [-0.4, -0.2) is 34.5 Å². The molecule has 20 heavy (non-hydrogen) atoms. The van der Waals surface area contributed by atoms with Crippen molar-refractivity contribution < 1.29 is 9.53 Å². The molecule has 1 heterocycles. The van der Waals surface area contributed by atoms with E-state index in [0.717, 1.165) is 0 Å². The molecule has 0 bridgehead atoms. The first-order chi connectivity index (χ1) is 9.23. The van der Waals surface area contributed by atoms with Crippen LogP contribution >= 0.6 is 35.0 Å². The summed E-state index contributed by atoms with van der Waals surface area (Å²) in [5.41, 5.74) is 0.0878. The second-order valence-electron chi connectivity index (χ2n) is 4.95. The van der Waals surface area contributed by atoms with Gasteiger partial charge in [0, 0.05) is 12.1 Å². The van der Waals surface area contributed by atoms with Gasteiger partial charge in [-0.15, -0.1) is 0 Å². The molecule has 0 aliphatic carbocycles. The summed E-state index contributed by atoms with van der Waals surface area (Å²) in [6.45, 7) is 5.75. The molecule has 1 aromatic heterocycles. The molecule has 5 nitrogen and oxygen atoms in total. The van der Waals surface area contributed by atoms with E-state index in [1.165, 1.54) is 11.8 Å². The van der Waals surface area contributed by atoms with Crippen molar-refractivity contribution in [3.8, 4) is 0 Å². The lowest BCUT2D eigenvalue weighted by molar-refractivity contribution is 0.0528. The Labute approximate surface area is 132 Å². The van der Waals surface area contributed by atoms with E-state index in [9.17, 15) is 4.79 Å². The van der Waals surface area contributed by atoms with E-state index in [-0.39, 0.29) is 0 Å². The number of carbonyl (C=O) groups excluding carboxylic acids is 1. The van der Waals surface area contributed by atoms with Crippen molar-refractivity contribution in [3.05, 3.63) is 15.9 Å². The molecule has 8 heteroatoms. The fourth-order valence-corrected chi connectivity index (χ4v) is 2.36. The molecule has 112 valence electrons. The minimum atomic E-state index is -0.525. The molecule has 0 saturated heterocycles. The lowest BCUT2D eigenvalue weighted by atomic mass is 10.2. The molecule has 0 unspecified atom stereocenters. The van der Waals surface area contributed by atoms with Crippen LogP contribution in [0.5, 0.6) is 0 Å². The van der Waals surface area contributed by atoms with Crippen LogP contribution in [0.1, 0.15) is 26.3 Å². The second-order valence-corrected chi connectivity index (χ2v) is 6.44. The topological polar surface area (TPSA) is 64.1 Å². The molecule has 1 aromatic rings. The molecule has 0 fully saturated rings. The first kappa shape index (κ1) is 17.3. The number of amides is 1. The SMILES string of the molecule is CSc1nc(Cl)c(CCNC(=O)OC(C)(C)C)c(Cl)n1. The molecule has 0 aliphatic rings. The van der Waals surface area contributed by atoms with Crippen LogP contribution in [0.15, 0.2) is 5.16 Å². The van der Waals surface area contributed by atoms with Crippen molar-refractivity contribution in [2.24, 2.45) is 0 Å². The average Bonchev–Trinajstić information content (AvgIpc) is 2.30. The number of rotatable bonds is 4. The van der Waals surface area contributed by atoms with Gasteiger partial charge in [0.25, 0.3) is 0 Å². The quantitative estimate of drug-likeness (QED) is 0.516. The Morgan fingerprint density at radius 2 is 1.85 bits per heavy atom. The van der Waals surface area contributed by atoms with E-state index in [4.69, 9.17) is 27.9 Å². The van der Waals surface area contributed by atoms with Crippen molar-refractivity contribution in [1.29, 1.82) is 0 Å². The third-order valence-corrected chi connectivity index (χ3v) is 3.28. The minimum absolute atomic E-state index is 0.306. The molecular weight excluding hydrogens is 321 g/mol. The van der Waals surface area contributed by atoms with Gasteiger partial charge in [0.05, 0.1) is 0 Å². The highest BCUT2D eigenvalue weighted by molar-refractivity contribution is 7.98. The Kier molecular flexibility index (Phi) is 6.36. The zero-order chi connectivity index (χ0) is 15.3. The van der Waals surface area contributed by atoms with E-state index >= 15 is 0 Å². The third-order valence-electron chi connectivity index (χ3n) is 2.11. The first-order valence-electron chi connectivity index (χ1n) is 5.95. The maximum absolute atomic E-state index is 11.5. The molecule has 0 aromatic carbocycles. The number of carbonyl (C=O) groups is 1. The number of halogens is 2. The van der Waals surface area contributed by atoms with Gasteiger partial charge in [0.15, 0.2) is 5.16 Å². The van der Waals surface area contributed by atoms with Gasteiger partial charge in [-0.1, -0.05) is 35.0 Å². The summed E-state index contributed by atoms with van der Waals surface area (Å²) in [6, 6.07) is 0. The van der Waals surface area contributed by atoms with E-state index in [1.807, 2.05) is 6.26 Å². The number of nitrogens with zero attached hydrogens (tertiary/aromatic N) is 2. The van der Waals surface area contributed by atoms with Crippen LogP contribution in [-0.2, 0) is 11.2 Å². The predicted molar refractivity (Wildman–Crippen MR) is 81.8 cm³/mol. The maximum atomic E-state index is 11.5. The molecule has 1 N–H and O–H groups in total. The molecule has 1 rings (SSSR count). The maximum Gasteiger partial charge on any atom is 0.407 e. The van der Waals surface area contributed by atoms with E-state index < -0.39 is 11.7 Å². The Morgan fingerprint density at radius 1 is 1.30 bits per heavy atom. The zero-order valence-electron chi connectivity index (χ0n) is 11.8. The van der Waals surface area contributed by atoms with Crippen molar-refractivity contribution in [2.75, 3.05) is 12.8 Å². The van der Waals surface area contributed by atoms with Gasteiger partial charge >= 0.3 is 6.09 Å². The van der Waals surface area contributed by atoms with Gasteiger partial charge in [-0.3, -0.25) is 0 Å². The smallest absolute Gasteiger partial charge is 0.407 e. The van der Waals surface area contributed by atoms with E-state index in [2.05, 4.69) is 15.3 Å². The summed E-state index contributed by atoms with van der Waals surface area (Å²) < 4.78 is 5.12. The van der Waals surface area contributed by atoms with Gasteiger partial charge in [0.1, 0.15) is 15.9 Å². The van der Waals surface area contributed by atoms with E-state index in [1.54, 1.807) is 20.8 Å². The monoisotopic (exact) mass is 337 g/mol. The fourth-order valence-electron chi connectivity index (χ4n) is 1.31. The summed E-state index contributed by atoms with van der Waals surface area (Å²) >= 11 is 13.4. The summed E-state index contributed by atoms with van der Waals surface area (Å²) in [4.78, 5) is 19.7. The lowest BCUT2D eigenvalue weighted by Gasteiger charge is -2.19. The van der Waals surface area contributed by atoms with Gasteiger partial charge in [0.2, 0.25) is 0 Å². The molecule has 0 spiro atoms. The van der Waals surface area contributed by atoms with Gasteiger partial charge < -0.3 is 10.1 Å². The third kappa shape index (κ3) is 5.73. The summed E-state index contributed by atoms with van der Waals surface area (Å²) in [6.07, 6.45) is 1.79. The predicted octanol–water partition coefficient (Wildman–Crippen LogP) is 3.57. The van der Waals surface area contributed by atoms with E-state index in [0.29, 0.717) is 34.0 Å². The molecule has 0 saturated carbocycles. The standard InChI is InChI=1S/C12H17Cl2N3O2S/c1-12(2,3)19-11(18)15-6-5-7-8(13)16-10(20-4)17-9(7)14/h5-6H2,1-4H3,(H,15,18). The number of nitrogens with one attached hydrogen (secondary N) is 1. The van der Waals surface area contributed by atoms with Crippen LogP contribution in [0.3, 0.4) is 0 Å². The number of thioether (sulfide) groups is 1. The van der Waals surface area contributed by atoms with Gasteiger partial charge in [-0.25, -0.2) is 14.8 Å². The highest BCUT2D eigenvalue weighted by Crippen LogP contribution is 2.24. The number of hydrogen-bond acceptors (Lipinski definition) is 5. The number of alkyl carbamates (subject to hydrolysis) is 1. The molecule has 0 radical (unpaired) electrons. The zero-order valence-corrected chi connectivity index (χ0v) is 14.1. The van der Waals surface area contributed by atoms with Crippen molar-refractivity contribution in [2.45, 2.75) is 37.9 Å². The van der Waals surface area contributed by atoms with Crippen LogP contribution in [0, 0.1) is 0 Å². The van der Waals surface area contributed by atoms with Crippen molar-refractivity contribution >= 4 is 41.1 Å². The number of hydrogen-bond donors (Lipinski definition) is 1. The number of aromatic nitrogens is 2. The Morgan fingerprint density at radius 3 is 2.30 bits per heavy atom. The van der Waals surface area contributed by atoms with Gasteiger partial charge in [-0.2, -0.15) is 0 Å². The van der Waals surface area contributed by atoms with Crippen LogP contribution in [0.2, 0.25) is 10.3 Å². The number of ether oxygens (including phenoxy) is 1. The first-order valence-corrected chi connectivity index (χ1v) is 7.93. The summed E-state index contributed by atoms with van der Waals surface area (Å²) in [5.74, 6) is 0. The van der Waals surface area contributed by atoms with Crippen molar-refractivity contribution in [3.63, 3.8) is 0 Å². The minimum Gasteiger partial charge on any atom is -0.444 e. The average molecular weight is 338 g/mol. The Balaban J connectivity index is 2.57. The van der Waals surface area contributed by atoms with Crippen LogP contribution < -0.4 is 5.32 Å². The fraction of sp³-hybridized carbons (Fsp3) is 0.583. The molecule has 0 atom stereocenters. The van der Waals surface area contributed by atoms with Crippen LogP contribution in [0.4, 0.5) is 4.79 Å². The Hall–Kier alpha value is -0.720. The molecular formula is C12H17Cl2N3O2S.